The zero-order chi connectivity index (χ0) is 12.8. The standard InChI is InChI=1S/C14H20N2O2/c1-12(13-4-2-3-5-14(13)17)15-6-7-16-8-10-18-11-9-16/h2-5,17H,6-11H2,1H3. The molecule has 1 heterocycles. The molecule has 1 saturated heterocycles. The van der Waals surface area contributed by atoms with Crippen molar-refractivity contribution in [2.24, 2.45) is 4.99 Å². The third kappa shape index (κ3) is 3.55. The molecule has 1 fully saturated rings. The second-order valence-electron chi connectivity index (χ2n) is 4.44. The van der Waals surface area contributed by atoms with Gasteiger partial charge in [0.15, 0.2) is 0 Å². The van der Waals surface area contributed by atoms with Crippen LogP contribution in [0.5, 0.6) is 5.75 Å². The minimum atomic E-state index is 0.296. The predicted molar refractivity (Wildman–Crippen MR) is 72.4 cm³/mol. The Hall–Kier alpha value is -1.39. The number of morpholine rings is 1. The van der Waals surface area contributed by atoms with Crippen molar-refractivity contribution in [2.75, 3.05) is 39.4 Å². The Balaban J connectivity index is 1.87. The van der Waals surface area contributed by atoms with Gasteiger partial charge in [0, 0.05) is 30.9 Å². The molecular weight excluding hydrogens is 228 g/mol. The van der Waals surface area contributed by atoms with Crippen molar-refractivity contribution in [3.63, 3.8) is 0 Å². The van der Waals surface area contributed by atoms with Crippen LogP contribution in [0.25, 0.3) is 0 Å². The number of phenols is 1. The monoisotopic (exact) mass is 248 g/mol. The summed E-state index contributed by atoms with van der Waals surface area (Å²) < 4.78 is 5.30. The lowest BCUT2D eigenvalue weighted by atomic mass is 10.1. The maximum Gasteiger partial charge on any atom is 0.124 e. The highest BCUT2D eigenvalue weighted by Gasteiger charge is 2.09. The highest BCUT2D eigenvalue weighted by molar-refractivity contribution is 6.00. The first-order chi connectivity index (χ1) is 8.77. The van der Waals surface area contributed by atoms with E-state index in [1.807, 2.05) is 25.1 Å². The number of hydrogen-bond acceptors (Lipinski definition) is 4. The molecule has 4 heteroatoms. The van der Waals surface area contributed by atoms with Gasteiger partial charge >= 0.3 is 0 Å². The molecule has 18 heavy (non-hydrogen) atoms. The lowest BCUT2D eigenvalue weighted by Crippen LogP contribution is -2.37. The van der Waals surface area contributed by atoms with E-state index in [1.54, 1.807) is 6.07 Å². The van der Waals surface area contributed by atoms with Crippen molar-refractivity contribution in [1.29, 1.82) is 0 Å². The summed E-state index contributed by atoms with van der Waals surface area (Å²) in [6, 6.07) is 7.31. The summed E-state index contributed by atoms with van der Waals surface area (Å²) in [5, 5.41) is 9.72. The summed E-state index contributed by atoms with van der Waals surface area (Å²) in [6.45, 7) is 7.28. The summed E-state index contributed by atoms with van der Waals surface area (Å²) >= 11 is 0. The molecule has 0 aromatic heterocycles. The van der Waals surface area contributed by atoms with E-state index in [0.29, 0.717) is 5.75 Å². The molecule has 0 radical (unpaired) electrons. The van der Waals surface area contributed by atoms with Crippen molar-refractivity contribution < 1.29 is 9.84 Å². The Morgan fingerprint density at radius 2 is 2.06 bits per heavy atom. The van der Waals surface area contributed by atoms with Gasteiger partial charge in [-0.05, 0) is 19.1 Å². The fraction of sp³-hybridized carbons (Fsp3) is 0.500. The largest absolute Gasteiger partial charge is 0.507 e. The van der Waals surface area contributed by atoms with E-state index in [4.69, 9.17) is 4.74 Å². The van der Waals surface area contributed by atoms with Gasteiger partial charge < -0.3 is 9.84 Å². The van der Waals surface area contributed by atoms with E-state index in [0.717, 1.165) is 50.7 Å². The molecule has 4 nitrogen and oxygen atoms in total. The molecular formula is C14H20N2O2. The molecule has 0 aliphatic carbocycles. The number of ether oxygens (including phenoxy) is 1. The van der Waals surface area contributed by atoms with Gasteiger partial charge in [0.05, 0.1) is 19.8 Å². The van der Waals surface area contributed by atoms with Crippen LogP contribution in [0, 0.1) is 0 Å². The Morgan fingerprint density at radius 3 is 2.78 bits per heavy atom. The Kier molecular flexibility index (Phi) is 4.73. The van der Waals surface area contributed by atoms with Gasteiger partial charge in [-0.15, -0.1) is 0 Å². The predicted octanol–water partition coefficient (Wildman–Crippen LogP) is 1.53. The molecule has 0 unspecified atom stereocenters. The number of aliphatic imine (C=N–C) groups is 1. The average molecular weight is 248 g/mol. The molecule has 1 aliphatic rings. The molecule has 0 atom stereocenters. The van der Waals surface area contributed by atoms with Gasteiger partial charge in [-0.2, -0.15) is 0 Å². The van der Waals surface area contributed by atoms with Crippen molar-refractivity contribution in [1.82, 2.24) is 4.90 Å². The van der Waals surface area contributed by atoms with E-state index >= 15 is 0 Å². The fourth-order valence-electron chi connectivity index (χ4n) is 2.05. The summed E-state index contributed by atoms with van der Waals surface area (Å²) in [4.78, 5) is 6.88. The number of hydrogen-bond donors (Lipinski definition) is 1. The highest BCUT2D eigenvalue weighted by atomic mass is 16.5. The van der Waals surface area contributed by atoms with Gasteiger partial charge in [-0.25, -0.2) is 0 Å². The molecule has 0 spiro atoms. The second-order valence-corrected chi connectivity index (χ2v) is 4.44. The van der Waals surface area contributed by atoms with Gasteiger partial charge in [-0.1, -0.05) is 12.1 Å². The first-order valence-corrected chi connectivity index (χ1v) is 6.37. The number of para-hydroxylation sites is 1. The van der Waals surface area contributed by atoms with Crippen molar-refractivity contribution in [2.45, 2.75) is 6.92 Å². The lowest BCUT2D eigenvalue weighted by Gasteiger charge is -2.25. The van der Waals surface area contributed by atoms with Gasteiger partial charge in [0.2, 0.25) is 0 Å². The Morgan fingerprint density at radius 1 is 1.33 bits per heavy atom. The molecule has 0 bridgehead atoms. The van der Waals surface area contributed by atoms with Crippen LogP contribution in [-0.2, 0) is 4.74 Å². The second kappa shape index (κ2) is 6.52. The normalized spacial score (nSPS) is 17.9. The zero-order valence-corrected chi connectivity index (χ0v) is 10.8. The van der Waals surface area contributed by atoms with E-state index < -0.39 is 0 Å². The van der Waals surface area contributed by atoms with Crippen LogP contribution in [-0.4, -0.2) is 55.1 Å². The van der Waals surface area contributed by atoms with Crippen molar-refractivity contribution in [3.8, 4) is 5.75 Å². The van der Waals surface area contributed by atoms with Crippen LogP contribution in [0.4, 0.5) is 0 Å². The van der Waals surface area contributed by atoms with E-state index in [1.165, 1.54) is 0 Å². The molecule has 1 aromatic rings. The highest BCUT2D eigenvalue weighted by Crippen LogP contribution is 2.16. The maximum absolute atomic E-state index is 9.72. The third-order valence-corrected chi connectivity index (χ3v) is 3.16. The summed E-state index contributed by atoms with van der Waals surface area (Å²) in [7, 11) is 0. The molecule has 1 aliphatic heterocycles. The summed E-state index contributed by atoms with van der Waals surface area (Å²) in [6.07, 6.45) is 0. The average Bonchev–Trinajstić information content (AvgIpc) is 2.40. The number of rotatable bonds is 4. The van der Waals surface area contributed by atoms with Crippen LogP contribution < -0.4 is 0 Å². The van der Waals surface area contributed by atoms with Crippen LogP contribution in [0.2, 0.25) is 0 Å². The third-order valence-electron chi connectivity index (χ3n) is 3.16. The van der Waals surface area contributed by atoms with E-state index in [9.17, 15) is 5.11 Å². The van der Waals surface area contributed by atoms with E-state index in [-0.39, 0.29) is 0 Å². The minimum Gasteiger partial charge on any atom is -0.507 e. The van der Waals surface area contributed by atoms with Crippen molar-refractivity contribution in [3.05, 3.63) is 29.8 Å². The van der Waals surface area contributed by atoms with Gasteiger partial charge in [-0.3, -0.25) is 9.89 Å². The molecule has 2 rings (SSSR count). The quantitative estimate of drug-likeness (QED) is 0.822. The van der Waals surface area contributed by atoms with Crippen molar-refractivity contribution >= 4 is 5.71 Å². The molecule has 0 amide bonds. The number of nitrogens with zero attached hydrogens (tertiary/aromatic N) is 2. The van der Waals surface area contributed by atoms with Crippen LogP contribution in [0.1, 0.15) is 12.5 Å². The summed E-state index contributed by atoms with van der Waals surface area (Å²) in [5.74, 6) is 0.296. The van der Waals surface area contributed by atoms with E-state index in [2.05, 4.69) is 9.89 Å². The fourth-order valence-corrected chi connectivity index (χ4v) is 2.05. The van der Waals surface area contributed by atoms with Crippen LogP contribution in [0.15, 0.2) is 29.3 Å². The Labute approximate surface area is 108 Å². The van der Waals surface area contributed by atoms with Gasteiger partial charge in [0.25, 0.3) is 0 Å². The molecule has 1 N–H and O–H groups in total. The number of benzene rings is 1. The first-order valence-electron chi connectivity index (χ1n) is 6.37. The van der Waals surface area contributed by atoms with Crippen LogP contribution in [0.3, 0.4) is 0 Å². The number of aromatic hydroxyl groups is 1. The first kappa shape index (κ1) is 13.1. The molecule has 0 saturated carbocycles. The number of phenolic OH excluding ortho intramolecular Hbond substituents is 1. The lowest BCUT2D eigenvalue weighted by molar-refractivity contribution is 0.0394. The van der Waals surface area contributed by atoms with Gasteiger partial charge in [0.1, 0.15) is 5.75 Å². The SMILES string of the molecule is CC(=NCCN1CCOCC1)c1ccccc1O. The molecule has 1 aromatic carbocycles. The Bertz CT molecular complexity index is 412. The maximum atomic E-state index is 9.72. The molecule has 98 valence electrons. The minimum absolute atomic E-state index is 0.296. The van der Waals surface area contributed by atoms with Crippen LogP contribution >= 0.6 is 0 Å². The smallest absolute Gasteiger partial charge is 0.124 e. The topological polar surface area (TPSA) is 45.1 Å². The zero-order valence-electron chi connectivity index (χ0n) is 10.8. The summed E-state index contributed by atoms with van der Waals surface area (Å²) in [5.41, 5.74) is 1.71.